The molecule has 2 aromatic rings. The molecule has 0 aliphatic rings. The third-order valence-corrected chi connectivity index (χ3v) is 3.56. The molecule has 2 aromatic carbocycles. The van der Waals surface area contributed by atoms with E-state index in [4.69, 9.17) is 4.74 Å². The molecule has 0 heterocycles. The fourth-order valence-corrected chi connectivity index (χ4v) is 2.41. The predicted octanol–water partition coefficient (Wildman–Crippen LogP) is 4.33. The quantitative estimate of drug-likeness (QED) is 0.647. The molecular formula is C17H16BrNO2. The molecule has 0 aromatic heterocycles. The molecule has 0 saturated heterocycles. The summed E-state index contributed by atoms with van der Waals surface area (Å²) in [7, 11) is 1.36. The molecule has 1 N–H and O–H groups in total. The number of carbonyl (C=O) groups excluding carboxylic acids is 1. The second kappa shape index (κ2) is 7.09. The van der Waals surface area contributed by atoms with Crippen LogP contribution in [0.1, 0.15) is 11.6 Å². The summed E-state index contributed by atoms with van der Waals surface area (Å²) in [4.78, 5) is 11.8. The van der Waals surface area contributed by atoms with E-state index in [9.17, 15) is 4.79 Å². The number of hydrogen-bond donors (Lipinski definition) is 1. The Kier molecular flexibility index (Phi) is 5.17. The first-order chi connectivity index (χ1) is 10.1. The van der Waals surface area contributed by atoms with Crippen molar-refractivity contribution in [2.24, 2.45) is 0 Å². The van der Waals surface area contributed by atoms with Crippen molar-refractivity contribution in [1.29, 1.82) is 0 Å². The lowest BCUT2D eigenvalue weighted by Crippen LogP contribution is -2.19. The van der Waals surface area contributed by atoms with E-state index in [1.54, 1.807) is 0 Å². The molecule has 108 valence electrons. The van der Waals surface area contributed by atoms with Crippen molar-refractivity contribution in [3.63, 3.8) is 0 Å². The number of methoxy groups -OCH3 is 1. The number of nitrogens with one attached hydrogen (secondary N) is 1. The highest BCUT2D eigenvalue weighted by Crippen LogP contribution is 2.27. The van der Waals surface area contributed by atoms with Crippen LogP contribution in [0.15, 0.2) is 71.2 Å². The highest BCUT2D eigenvalue weighted by molar-refractivity contribution is 9.10. The third-order valence-electron chi connectivity index (χ3n) is 3.06. The van der Waals surface area contributed by atoms with Gasteiger partial charge < -0.3 is 10.1 Å². The molecule has 0 fully saturated rings. The minimum Gasteiger partial charge on any atom is -0.466 e. The van der Waals surface area contributed by atoms with Gasteiger partial charge in [0.1, 0.15) is 0 Å². The smallest absolute Gasteiger partial charge is 0.335 e. The van der Waals surface area contributed by atoms with Crippen LogP contribution in [0, 0.1) is 0 Å². The summed E-state index contributed by atoms with van der Waals surface area (Å²) in [5.41, 5.74) is 2.21. The van der Waals surface area contributed by atoms with Gasteiger partial charge in [0.05, 0.1) is 18.7 Å². The van der Waals surface area contributed by atoms with Crippen molar-refractivity contribution in [3.8, 4) is 0 Å². The molecule has 4 heteroatoms. The van der Waals surface area contributed by atoms with E-state index in [1.165, 1.54) is 7.11 Å². The molecular weight excluding hydrogens is 330 g/mol. The van der Waals surface area contributed by atoms with Gasteiger partial charge in [-0.25, -0.2) is 4.79 Å². The number of rotatable bonds is 5. The van der Waals surface area contributed by atoms with Gasteiger partial charge >= 0.3 is 5.97 Å². The van der Waals surface area contributed by atoms with Crippen LogP contribution in [0.3, 0.4) is 0 Å². The Hall–Kier alpha value is -2.07. The maximum absolute atomic E-state index is 11.8. The zero-order valence-corrected chi connectivity index (χ0v) is 13.3. The SMILES string of the molecule is C=C(C(=O)OC)[C@H](Nc1cccc(Br)c1)c1ccccc1. The summed E-state index contributed by atoms with van der Waals surface area (Å²) < 4.78 is 5.75. The van der Waals surface area contributed by atoms with Crippen molar-refractivity contribution >= 4 is 27.6 Å². The molecule has 0 aliphatic carbocycles. The van der Waals surface area contributed by atoms with E-state index in [1.807, 2.05) is 54.6 Å². The molecule has 0 spiro atoms. The van der Waals surface area contributed by atoms with Crippen LogP contribution in [-0.4, -0.2) is 13.1 Å². The topological polar surface area (TPSA) is 38.3 Å². The Morgan fingerprint density at radius 3 is 2.52 bits per heavy atom. The van der Waals surface area contributed by atoms with Crippen LogP contribution in [0.2, 0.25) is 0 Å². The zero-order chi connectivity index (χ0) is 15.2. The Bertz CT molecular complexity index is 640. The highest BCUT2D eigenvalue weighted by Gasteiger charge is 2.21. The first kappa shape index (κ1) is 15.3. The Morgan fingerprint density at radius 1 is 1.19 bits per heavy atom. The van der Waals surface area contributed by atoms with Gasteiger partial charge in [-0.2, -0.15) is 0 Å². The number of anilines is 1. The monoisotopic (exact) mass is 345 g/mol. The number of carbonyl (C=O) groups is 1. The van der Waals surface area contributed by atoms with E-state index in [-0.39, 0.29) is 6.04 Å². The number of ether oxygens (including phenoxy) is 1. The normalized spacial score (nSPS) is 11.5. The first-order valence-electron chi connectivity index (χ1n) is 6.46. The maximum atomic E-state index is 11.8. The lowest BCUT2D eigenvalue weighted by atomic mass is 9.99. The van der Waals surface area contributed by atoms with E-state index in [0.717, 1.165) is 15.7 Å². The molecule has 2 rings (SSSR count). The number of hydrogen-bond acceptors (Lipinski definition) is 3. The van der Waals surface area contributed by atoms with Gasteiger partial charge in [0.25, 0.3) is 0 Å². The van der Waals surface area contributed by atoms with Crippen molar-refractivity contribution < 1.29 is 9.53 Å². The summed E-state index contributed by atoms with van der Waals surface area (Å²) >= 11 is 3.43. The molecule has 1 atom stereocenters. The molecule has 0 aliphatic heterocycles. The molecule has 0 amide bonds. The fourth-order valence-electron chi connectivity index (χ4n) is 2.01. The maximum Gasteiger partial charge on any atom is 0.335 e. The largest absolute Gasteiger partial charge is 0.466 e. The van der Waals surface area contributed by atoms with Crippen molar-refractivity contribution in [1.82, 2.24) is 0 Å². The standard InChI is InChI=1S/C17H16BrNO2/c1-12(17(20)21-2)16(13-7-4-3-5-8-13)19-15-10-6-9-14(18)11-15/h3-11,16,19H,1H2,2H3/t16-/m0/s1. The third kappa shape index (κ3) is 3.95. The van der Waals surface area contributed by atoms with E-state index < -0.39 is 5.97 Å². The summed E-state index contributed by atoms with van der Waals surface area (Å²) in [5.74, 6) is -0.425. The van der Waals surface area contributed by atoms with Crippen molar-refractivity contribution in [2.75, 3.05) is 12.4 Å². The molecule has 0 saturated carbocycles. The van der Waals surface area contributed by atoms with E-state index >= 15 is 0 Å². The molecule has 3 nitrogen and oxygen atoms in total. The van der Waals surface area contributed by atoms with Gasteiger partial charge in [-0.3, -0.25) is 0 Å². The number of halogens is 1. The molecule has 0 radical (unpaired) electrons. The predicted molar refractivity (Wildman–Crippen MR) is 88.1 cm³/mol. The van der Waals surface area contributed by atoms with Crippen LogP contribution in [0.25, 0.3) is 0 Å². The van der Waals surface area contributed by atoms with Crippen LogP contribution < -0.4 is 5.32 Å². The molecule has 21 heavy (non-hydrogen) atoms. The fraction of sp³-hybridized carbons (Fsp3) is 0.118. The van der Waals surface area contributed by atoms with Crippen LogP contribution in [0.4, 0.5) is 5.69 Å². The summed E-state index contributed by atoms with van der Waals surface area (Å²) in [6, 6.07) is 17.1. The van der Waals surface area contributed by atoms with Crippen LogP contribution in [-0.2, 0) is 9.53 Å². The van der Waals surface area contributed by atoms with Crippen LogP contribution >= 0.6 is 15.9 Å². The Morgan fingerprint density at radius 2 is 1.90 bits per heavy atom. The van der Waals surface area contributed by atoms with Gasteiger partial charge in [0.15, 0.2) is 0 Å². The van der Waals surface area contributed by atoms with Gasteiger partial charge in [-0.1, -0.05) is 58.9 Å². The zero-order valence-electron chi connectivity index (χ0n) is 11.7. The van der Waals surface area contributed by atoms with Crippen LogP contribution in [0.5, 0.6) is 0 Å². The van der Waals surface area contributed by atoms with Gasteiger partial charge in [0, 0.05) is 10.2 Å². The lowest BCUT2D eigenvalue weighted by molar-refractivity contribution is -0.136. The van der Waals surface area contributed by atoms with Gasteiger partial charge in [0.2, 0.25) is 0 Å². The number of esters is 1. The van der Waals surface area contributed by atoms with Gasteiger partial charge in [-0.15, -0.1) is 0 Å². The minimum absolute atomic E-state index is 0.340. The van der Waals surface area contributed by atoms with Crippen molar-refractivity contribution in [3.05, 3.63) is 76.8 Å². The number of benzene rings is 2. The van der Waals surface area contributed by atoms with E-state index in [2.05, 4.69) is 27.8 Å². The Balaban J connectivity index is 2.32. The average Bonchev–Trinajstić information content (AvgIpc) is 2.52. The molecule has 0 unspecified atom stereocenters. The summed E-state index contributed by atoms with van der Waals surface area (Å²) in [5, 5.41) is 3.32. The molecule has 0 bridgehead atoms. The van der Waals surface area contributed by atoms with Crippen molar-refractivity contribution in [2.45, 2.75) is 6.04 Å². The first-order valence-corrected chi connectivity index (χ1v) is 7.25. The average molecular weight is 346 g/mol. The summed E-state index contributed by atoms with van der Waals surface area (Å²) in [6.07, 6.45) is 0. The second-order valence-electron chi connectivity index (χ2n) is 4.52. The lowest BCUT2D eigenvalue weighted by Gasteiger charge is -2.21. The summed E-state index contributed by atoms with van der Waals surface area (Å²) in [6.45, 7) is 3.87. The minimum atomic E-state index is -0.425. The van der Waals surface area contributed by atoms with Gasteiger partial charge in [-0.05, 0) is 23.8 Å². The Labute approximate surface area is 132 Å². The highest BCUT2D eigenvalue weighted by atomic mass is 79.9. The van der Waals surface area contributed by atoms with E-state index in [0.29, 0.717) is 5.57 Å². The second-order valence-corrected chi connectivity index (χ2v) is 5.43.